The van der Waals surface area contributed by atoms with Crippen molar-refractivity contribution in [3.05, 3.63) is 12.7 Å². The second kappa shape index (κ2) is 23.7. The van der Waals surface area contributed by atoms with Gasteiger partial charge in [-0.1, -0.05) is 97.0 Å². The Kier molecular flexibility index (Phi) is 27.5. The number of halogens is 1. The minimum atomic E-state index is -0.398. The summed E-state index contributed by atoms with van der Waals surface area (Å²) in [5.74, 6) is -0.373. The molecule has 0 rings (SSSR count). The molecule has 0 aliphatic rings. The third-order valence-electron chi connectivity index (χ3n) is 4.13. The summed E-state index contributed by atoms with van der Waals surface area (Å²) in [7, 11) is 0. The average molecular weight is 451 g/mol. The highest BCUT2D eigenvalue weighted by molar-refractivity contribution is 8.93. The van der Waals surface area contributed by atoms with Crippen LogP contribution in [-0.2, 0) is 9.53 Å². The number of rotatable bonds is 15. The van der Waals surface area contributed by atoms with Crippen molar-refractivity contribution in [2.75, 3.05) is 6.54 Å². The van der Waals surface area contributed by atoms with Gasteiger partial charge in [-0.15, -0.1) is 17.0 Å². The smallest absolute Gasteiger partial charge is 0.330 e. The molecule has 0 unspecified atom stereocenters. The lowest BCUT2D eigenvalue weighted by Gasteiger charge is -2.17. The van der Waals surface area contributed by atoms with Gasteiger partial charge in [0.2, 0.25) is 0 Å². The minimum absolute atomic E-state index is 0. The number of ether oxygens (including phenoxy) is 1. The zero-order chi connectivity index (χ0) is 20.1. The molecule has 2 N–H and O–H groups in total. The molecular weight excluding hydrogens is 402 g/mol. The number of hydrogen-bond donors (Lipinski definition) is 1. The van der Waals surface area contributed by atoms with Crippen LogP contribution in [0.1, 0.15) is 118 Å². The van der Waals surface area contributed by atoms with Gasteiger partial charge in [-0.05, 0) is 33.7 Å². The van der Waals surface area contributed by atoms with E-state index in [0.717, 1.165) is 12.6 Å². The maximum Gasteiger partial charge on any atom is 0.330 e. The van der Waals surface area contributed by atoms with Crippen LogP contribution in [0.4, 0.5) is 0 Å². The van der Waals surface area contributed by atoms with Crippen LogP contribution in [-0.4, -0.2) is 18.1 Å². The SMILES string of the molecule is Br.C=CC(=O)OC(C)(C)C.CCCCCCCCCCCCCCCCN. The minimum Gasteiger partial charge on any atom is -0.457 e. The molecule has 164 valence electrons. The van der Waals surface area contributed by atoms with E-state index in [0.29, 0.717) is 0 Å². The number of carbonyl (C=O) groups is 1. The summed E-state index contributed by atoms with van der Waals surface area (Å²) in [5.41, 5.74) is 5.07. The Hall–Kier alpha value is -0.350. The number of nitrogens with two attached hydrogens (primary N) is 1. The summed E-state index contributed by atoms with van der Waals surface area (Å²) >= 11 is 0. The van der Waals surface area contributed by atoms with Crippen LogP contribution in [0.15, 0.2) is 12.7 Å². The Balaban J connectivity index is -0.000000491. The lowest BCUT2D eigenvalue weighted by atomic mass is 10.0. The fourth-order valence-electron chi connectivity index (χ4n) is 2.68. The first-order valence-electron chi connectivity index (χ1n) is 10.9. The van der Waals surface area contributed by atoms with Crippen molar-refractivity contribution in [1.82, 2.24) is 0 Å². The highest BCUT2D eigenvalue weighted by Crippen LogP contribution is 2.12. The van der Waals surface area contributed by atoms with Crippen molar-refractivity contribution >= 4 is 23.0 Å². The Bertz CT molecular complexity index is 300. The second-order valence-corrected chi connectivity index (χ2v) is 8.12. The normalized spacial score (nSPS) is 10.4. The Labute approximate surface area is 180 Å². The lowest BCUT2D eigenvalue weighted by Crippen LogP contribution is -2.22. The zero-order valence-corrected chi connectivity index (χ0v) is 20.4. The standard InChI is InChI=1S/C16H35N.C7H12O2.BrH/c1-2-3-4-5-6-7-8-9-10-11-12-13-14-15-16-17;1-5-6(8)9-7(2,3)4;/h2-17H2,1H3;5H,1H2,2-4H3;1H. The molecule has 4 heteroatoms. The molecule has 27 heavy (non-hydrogen) atoms. The van der Waals surface area contributed by atoms with Crippen molar-refractivity contribution in [2.45, 2.75) is 123 Å². The molecule has 0 aliphatic carbocycles. The number of unbranched alkanes of at least 4 members (excludes halogenated alkanes) is 13. The molecule has 0 radical (unpaired) electrons. The summed E-state index contributed by atoms with van der Waals surface area (Å²) in [4.78, 5) is 10.5. The van der Waals surface area contributed by atoms with E-state index in [1.165, 1.54) is 89.9 Å². The second-order valence-electron chi connectivity index (χ2n) is 8.12. The topological polar surface area (TPSA) is 52.3 Å². The van der Waals surface area contributed by atoms with Gasteiger partial charge in [-0.3, -0.25) is 0 Å². The van der Waals surface area contributed by atoms with E-state index in [2.05, 4.69) is 13.5 Å². The van der Waals surface area contributed by atoms with Crippen molar-refractivity contribution in [3.63, 3.8) is 0 Å². The predicted molar refractivity (Wildman–Crippen MR) is 126 cm³/mol. The molecule has 0 bridgehead atoms. The molecule has 0 aromatic heterocycles. The largest absolute Gasteiger partial charge is 0.457 e. The van der Waals surface area contributed by atoms with Crippen LogP contribution in [0.3, 0.4) is 0 Å². The molecule has 0 aromatic carbocycles. The lowest BCUT2D eigenvalue weighted by molar-refractivity contribution is -0.148. The Morgan fingerprint density at radius 3 is 1.37 bits per heavy atom. The van der Waals surface area contributed by atoms with E-state index in [1.807, 2.05) is 20.8 Å². The fourth-order valence-corrected chi connectivity index (χ4v) is 2.68. The molecule has 0 saturated heterocycles. The van der Waals surface area contributed by atoms with Crippen LogP contribution >= 0.6 is 17.0 Å². The molecule has 0 amide bonds. The van der Waals surface area contributed by atoms with Crippen molar-refractivity contribution in [1.29, 1.82) is 0 Å². The molecule has 0 heterocycles. The van der Waals surface area contributed by atoms with Crippen molar-refractivity contribution < 1.29 is 9.53 Å². The molecule has 0 fully saturated rings. The molecule has 0 atom stereocenters. The van der Waals surface area contributed by atoms with Crippen molar-refractivity contribution in [3.8, 4) is 0 Å². The quantitative estimate of drug-likeness (QED) is 0.159. The first-order valence-corrected chi connectivity index (χ1v) is 10.9. The summed E-state index contributed by atoms with van der Waals surface area (Å²) in [6.07, 6.45) is 21.0. The van der Waals surface area contributed by atoms with Gasteiger partial charge in [-0.2, -0.15) is 0 Å². The van der Waals surface area contributed by atoms with Gasteiger partial charge < -0.3 is 10.5 Å². The summed E-state index contributed by atoms with van der Waals surface area (Å²) in [6, 6.07) is 0. The van der Waals surface area contributed by atoms with E-state index in [1.54, 1.807) is 0 Å². The van der Waals surface area contributed by atoms with Gasteiger partial charge in [0.1, 0.15) is 5.60 Å². The molecular formula is C23H48BrNO2. The van der Waals surface area contributed by atoms with Gasteiger partial charge in [-0.25, -0.2) is 4.79 Å². The predicted octanol–water partition coefficient (Wildman–Crippen LogP) is 7.52. The van der Waals surface area contributed by atoms with E-state index >= 15 is 0 Å². The summed E-state index contributed by atoms with van der Waals surface area (Å²) in [6.45, 7) is 11.9. The highest BCUT2D eigenvalue weighted by Gasteiger charge is 2.12. The Morgan fingerprint density at radius 1 is 0.815 bits per heavy atom. The first-order chi connectivity index (χ1) is 12.4. The molecule has 0 saturated carbocycles. The molecule has 0 aliphatic heterocycles. The van der Waals surface area contributed by atoms with Gasteiger partial charge in [0.25, 0.3) is 0 Å². The van der Waals surface area contributed by atoms with Crippen molar-refractivity contribution in [2.24, 2.45) is 5.73 Å². The van der Waals surface area contributed by atoms with Gasteiger partial charge >= 0.3 is 5.97 Å². The third-order valence-corrected chi connectivity index (χ3v) is 4.13. The average Bonchev–Trinajstić information content (AvgIpc) is 2.58. The van der Waals surface area contributed by atoms with Crippen LogP contribution in [0.25, 0.3) is 0 Å². The first kappa shape index (κ1) is 31.3. The Morgan fingerprint density at radius 2 is 1.15 bits per heavy atom. The summed E-state index contributed by atoms with van der Waals surface area (Å²) in [5, 5.41) is 0. The molecule has 0 spiro atoms. The molecule has 0 aromatic rings. The van der Waals surface area contributed by atoms with E-state index < -0.39 is 5.60 Å². The fraction of sp³-hybridized carbons (Fsp3) is 0.870. The monoisotopic (exact) mass is 449 g/mol. The highest BCUT2D eigenvalue weighted by atomic mass is 79.9. The maximum atomic E-state index is 10.5. The number of hydrogen-bond acceptors (Lipinski definition) is 3. The van der Waals surface area contributed by atoms with Crippen LogP contribution < -0.4 is 5.73 Å². The van der Waals surface area contributed by atoms with E-state index in [9.17, 15) is 4.79 Å². The van der Waals surface area contributed by atoms with E-state index in [-0.39, 0.29) is 23.0 Å². The van der Waals surface area contributed by atoms with Crippen LogP contribution in [0, 0.1) is 0 Å². The van der Waals surface area contributed by atoms with Gasteiger partial charge in [0.05, 0.1) is 0 Å². The van der Waals surface area contributed by atoms with E-state index in [4.69, 9.17) is 10.5 Å². The van der Waals surface area contributed by atoms with Gasteiger partial charge in [0, 0.05) is 6.08 Å². The number of esters is 1. The van der Waals surface area contributed by atoms with Gasteiger partial charge in [0.15, 0.2) is 0 Å². The van der Waals surface area contributed by atoms with Crippen LogP contribution in [0.2, 0.25) is 0 Å². The summed E-state index contributed by atoms with van der Waals surface area (Å²) < 4.78 is 4.83. The van der Waals surface area contributed by atoms with Crippen LogP contribution in [0.5, 0.6) is 0 Å². The maximum absolute atomic E-state index is 10.5. The number of carbonyl (C=O) groups excluding carboxylic acids is 1. The molecule has 3 nitrogen and oxygen atoms in total. The zero-order valence-electron chi connectivity index (χ0n) is 18.7. The third kappa shape index (κ3) is 33.6.